The Morgan fingerprint density at radius 2 is 2.43 bits per heavy atom. The van der Waals surface area contributed by atoms with Crippen molar-refractivity contribution in [2.24, 2.45) is 5.84 Å². The second-order valence-corrected chi connectivity index (χ2v) is 2.69. The highest BCUT2D eigenvalue weighted by Crippen LogP contribution is 2.14. The van der Waals surface area contributed by atoms with Crippen LogP contribution in [0.15, 0.2) is 6.20 Å². The van der Waals surface area contributed by atoms with Gasteiger partial charge in [-0.2, -0.15) is 9.37 Å². The molecule has 0 atom stereocenters. The van der Waals surface area contributed by atoms with Gasteiger partial charge in [0.25, 0.3) is 5.88 Å². The van der Waals surface area contributed by atoms with E-state index < -0.39 is 5.82 Å². The van der Waals surface area contributed by atoms with Crippen LogP contribution in [0.5, 0.6) is 5.88 Å². The maximum atomic E-state index is 13.0. The third-order valence-electron chi connectivity index (χ3n) is 1.58. The lowest BCUT2D eigenvalue weighted by Gasteiger charge is -2.05. The number of halogens is 1. The second kappa shape index (κ2) is 5.33. The van der Waals surface area contributed by atoms with E-state index in [-0.39, 0.29) is 11.8 Å². The SMILES string of the molecule is CCCCOc1nc(NN)ncc1F. The molecule has 0 saturated heterocycles. The number of aromatic nitrogens is 2. The summed E-state index contributed by atoms with van der Waals surface area (Å²) in [4.78, 5) is 7.30. The summed E-state index contributed by atoms with van der Waals surface area (Å²) in [5.41, 5.74) is 2.22. The number of hydrogen-bond donors (Lipinski definition) is 2. The molecule has 0 spiro atoms. The number of anilines is 1. The lowest BCUT2D eigenvalue weighted by molar-refractivity contribution is 0.281. The van der Waals surface area contributed by atoms with Crippen LogP contribution in [0.2, 0.25) is 0 Å². The van der Waals surface area contributed by atoms with E-state index in [0.29, 0.717) is 6.61 Å². The van der Waals surface area contributed by atoms with Crippen molar-refractivity contribution in [2.75, 3.05) is 12.0 Å². The zero-order chi connectivity index (χ0) is 10.4. The highest BCUT2D eigenvalue weighted by molar-refractivity contribution is 5.26. The quantitative estimate of drug-likeness (QED) is 0.422. The van der Waals surface area contributed by atoms with Gasteiger partial charge < -0.3 is 4.74 Å². The summed E-state index contributed by atoms with van der Waals surface area (Å²) >= 11 is 0. The van der Waals surface area contributed by atoms with E-state index in [1.165, 1.54) is 0 Å². The monoisotopic (exact) mass is 200 g/mol. The van der Waals surface area contributed by atoms with Crippen molar-refractivity contribution in [3.63, 3.8) is 0 Å². The van der Waals surface area contributed by atoms with Gasteiger partial charge in [-0.3, -0.25) is 5.43 Å². The van der Waals surface area contributed by atoms with Crippen molar-refractivity contribution < 1.29 is 9.13 Å². The van der Waals surface area contributed by atoms with Crippen LogP contribution in [0.3, 0.4) is 0 Å². The van der Waals surface area contributed by atoms with Gasteiger partial charge in [-0.15, -0.1) is 0 Å². The Morgan fingerprint density at radius 1 is 1.64 bits per heavy atom. The Labute approximate surface area is 81.5 Å². The van der Waals surface area contributed by atoms with Gasteiger partial charge in [-0.1, -0.05) is 13.3 Å². The van der Waals surface area contributed by atoms with Gasteiger partial charge in [0.05, 0.1) is 12.8 Å². The maximum absolute atomic E-state index is 13.0. The smallest absolute Gasteiger partial charge is 0.255 e. The maximum Gasteiger partial charge on any atom is 0.255 e. The molecular weight excluding hydrogens is 187 g/mol. The molecule has 0 aliphatic rings. The average Bonchev–Trinajstić information content (AvgIpc) is 2.21. The second-order valence-electron chi connectivity index (χ2n) is 2.69. The number of hydrogen-bond acceptors (Lipinski definition) is 5. The third-order valence-corrected chi connectivity index (χ3v) is 1.58. The largest absolute Gasteiger partial charge is 0.475 e. The minimum atomic E-state index is -0.583. The predicted molar refractivity (Wildman–Crippen MR) is 50.2 cm³/mol. The van der Waals surface area contributed by atoms with E-state index in [0.717, 1.165) is 19.0 Å². The molecule has 0 unspecified atom stereocenters. The summed E-state index contributed by atoms with van der Waals surface area (Å²) in [7, 11) is 0. The minimum absolute atomic E-state index is 0.0681. The fourth-order valence-electron chi connectivity index (χ4n) is 0.835. The Morgan fingerprint density at radius 3 is 3.07 bits per heavy atom. The van der Waals surface area contributed by atoms with Crippen molar-refractivity contribution in [2.45, 2.75) is 19.8 Å². The first-order valence-corrected chi connectivity index (χ1v) is 4.40. The molecule has 0 saturated carbocycles. The van der Waals surface area contributed by atoms with Crippen LogP contribution in [0.1, 0.15) is 19.8 Å². The van der Waals surface area contributed by atoms with Crippen molar-refractivity contribution in [1.82, 2.24) is 9.97 Å². The van der Waals surface area contributed by atoms with Gasteiger partial charge >= 0.3 is 0 Å². The number of rotatable bonds is 5. The van der Waals surface area contributed by atoms with Gasteiger partial charge in [0.15, 0.2) is 0 Å². The van der Waals surface area contributed by atoms with Crippen LogP contribution in [-0.4, -0.2) is 16.6 Å². The Hall–Kier alpha value is -1.43. The fourth-order valence-corrected chi connectivity index (χ4v) is 0.835. The molecule has 1 heterocycles. The van der Waals surface area contributed by atoms with Crippen molar-refractivity contribution in [1.29, 1.82) is 0 Å². The van der Waals surface area contributed by atoms with E-state index in [1.54, 1.807) is 0 Å². The van der Waals surface area contributed by atoms with E-state index in [4.69, 9.17) is 10.6 Å². The lowest BCUT2D eigenvalue weighted by atomic mass is 10.4. The number of nitrogens with two attached hydrogens (primary N) is 1. The fraction of sp³-hybridized carbons (Fsp3) is 0.500. The Balaban J connectivity index is 2.64. The van der Waals surface area contributed by atoms with Crippen molar-refractivity contribution in [3.05, 3.63) is 12.0 Å². The highest BCUT2D eigenvalue weighted by atomic mass is 19.1. The summed E-state index contributed by atoms with van der Waals surface area (Å²) in [6, 6.07) is 0. The molecule has 5 nitrogen and oxygen atoms in total. The number of ether oxygens (including phenoxy) is 1. The average molecular weight is 200 g/mol. The Bertz CT molecular complexity index is 295. The molecule has 0 amide bonds. The van der Waals surface area contributed by atoms with Gasteiger partial charge in [0.2, 0.25) is 11.8 Å². The first kappa shape index (κ1) is 10.6. The van der Waals surface area contributed by atoms with E-state index in [2.05, 4.69) is 15.4 Å². The van der Waals surface area contributed by atoms with E-state index in [9.17, 15) is 4.39 Å². The normalized spacial score (nSPS) is 9.93. The minimum Gasteiger partial charge on any atom is -0.475 e. The molecule has 6 heteroatoms. The van der Waals surface area contributed by atoms with Crippen LogP contribution >= 0.6 is 0 Å². The zero-order valence-electron chi connectivity index (χ0n) is 7.96. The van der Waals surface area contributed by atoms with Crippen LogP contribution < -0.4 is 16.0 Å². The molecule has 0 radical (unpaired) electrons. The first-order valence-electron chi connectivity index (χ1n) is 4.40. The van der Waals surface area contributed by atoms with Crippen LogP contribution in [0, 0.1) is 5.82 Å². The molecule has 1 aromatic heterocycles. The lowest BCUT2D eigenvalue weighted by Crippen LogP contribution is -2.12. The van der Waals surface area contributed by atoms with Crippen LogP contribution in [0.25, 0.3) is 0 Å². The number of hydrazine groups is 1. The number of nitrogens with zero attached hydrogens (tertiary/aromatic N) is 2. The van der Waals surface area contributed by atoms with Crippen molar-refractivity contribution in [3.8, 4) is 5.88 Å². The summed E-state index contributed by atoms with van der Waals surface area (Å²) < 4.78 is 18.1. The molecule has 3 N–H and O–H groups in total. The number of nitrogen functional groups attached to an aromatic ring is 1. The molecule has 0 aliphatic heterocycles. The molecular formula is C8H13FN4O. The summed E-state index contributed by atoms with van der Waals surface area (Å²) in [5.74, 6) is 4.56. The molecule has 0 fully saturated rings. The zero-order valence-corrected chi connectivity index (χ0v) is 7.96. The molecule has 1 rings (SSSR count). The standard InChI is InChI=1S/C8H13FN4O/c1-2-3-4-14-7-6(9)5-11-8(12-7)13-10/h5H,2-4,10H2,1H3,(H,11,12,13). The summed E-state index contributed by atoms with van der Waals surface area (Å²) in [6.07, 6.45) is 2.85. The first-order chi connectivity index (χ1) is 6.77. The van der Waals surface area contributed by atoms with Gasteiger partial charge in [-0.25, -0.2) is 10.8 Å². The molecule has 14 heavy (non-hydrogen) atoms. The molecule has 1 aromatic rings. The van der Waals surface area contributed by atoms with Gasteiger partial charge in [0.1, 0.15) is 0 Å². The van der Waals surface area contributed by atoms with E-state index in [1.807, 2.05) is 6.92 Å². The van der Waals surface area contributed by atoms with Crippen molar-refractivity contribution >= 4 is 5.95 Å². The molecule has 78 valence electrons. The number of unbranched alkanes of at least 4 members (excludes halogenated alkanes) is 1. The van der Waals surface area contributed by atoms with Gasteiger partial charge in [0, 0.05) is 0 Å². The predicted octanol–water partition coefficient (Wildman–Crippen LogP) is 1.08. The summed E-state index contributed by atoms with van der Waals surface area (Å²) in [5, 5.41) is 0. The van der Waals surface area contributed by atoms with Crippen LogP contribution in [0.4, 0.5) is 10.3 Å². The van der Waals surface area contributed by atoms with E-state index >= 15 is 0 Å². The Kier molecular flexibility index (Phi) is 4.06. The van der Waals surface area contributed by atoms with Gasteiger partial charge in [-0.05, 0) is 6.42 Å². The third kappa shape index (κ3) is 2.81. The number of nitrogens with one attached hydrogen (secondary N) is 1. The molecule has 0 aromatic carbocycles. The molecule has 0 aliphatic carbocycles. The van der Waals surface area contributed by atoms with Crippen LogP contribution in [-0.2, 0) is 0 Å². The highest BCUT2D eigenvalue weighted by Gasteiger charge is 2.06. The molecule has 0 bridgehead atoms. The summed E-state index contributed by atoms with van der Waals surface area (Å²) in [6.45, 7) is 2.46. The topological polar surface area (TPSA) is 73.1 Å².